The Kier molecular flexibility index (Phi) is 6.26. The van der Waals surface area contributed by atoms with Crippen LogP contribution in [-0.2, 0) is 9.53 Å². The zero-order valence-corrected chi connectivity index (χ0v) is 16.8. The molecule has 2 unspecified atom stereocenters. The second-order valence-corrected chi connectivity index (χ2v) is 9.16. The van der Waals surface area contributed by atoms with Gasteiger partial charge >= 0.3 is 0 Å². The highest BCUT2D eigenvalue weighted by Crippen LogP contribution is 2.39. The third-order valence-electron chi connectivity index (χ3n) is 4.87. The lowest BCUT2D eigenvalue weighted by molar-refractivity contribution is -0.129. The molecule has 1 aromatic heterocycles. The van der Waals surface area contributed by atoms with Gasteiger partial charge in [-0.15, -0.1) is 10.2 Å². The van der Waals surface area contributed by atoms with Crippen LogP contribution < -0.4 is 5.32 Å². The van der Waals surface area contributed by atoms with Crippen LogP contribution in [-0.4, -0.2) is 53.3 Å². The summed E-state index contributed by atoms with van der Waals surface area (Å²) in [7, 11) is 0. The van der Waals surface area contributed by atoms with E-state index in [0.717, 1.165) is 67.0 Å². The maximum Gasteiger partial charge on any atom is 0.240 e. The van der Waals surface area contributed by atoms with Crippen molar-refractivity contribution in [1.29, 1.82) is 0 Å². The van der Waals surface area contributed by atoms with Gasteiger partial charge in [-0.05, 0) is 31.2 Å². The molecule has 3 heterocycles. The Morgan fingerprint density at radius 3 is 2.81 bits per heavy atom. The van der Waals surface area contributed by atoms with Crippen LogP contribution in [0.25, 0.3) is 0 Å². The highest BCUT2D eigenvalue weighted by atomic mass is 32.2. The van der Waals surface area contributed by atoms with E-state index in [4.69, 9.17) is 4.74 Å². The van der Waals surface area contributed by atoms with Gasteiger partial charge in [-0.3, -0.25) is 4.79 Å². The SMILES string of the molecule is O=C(C(Sc1nnc(NCC2CCCO2)s1)c1ccccc1)N1CCCC1. The molecular formula is C19H24N4O2S2. The van der Waals surface area contributed by atoms with Crippen molar-refractivity contribution in [2.75, 3.05) is 31.6 Å². The Bertz CT molecular complexity index is 743. The highest BCUT2D eigenvalue weighted by molar-refractivity contribution is 8.01. The average Bonchev–Trinajstić information content (AvgIpc) is 3.48. The molecule has 1 aromatic carbocycles. The third kappa shape index (κ3) is 4.80. The van der Waals surface area contributed by atoms with E-state index < -0.39 is 0 Å². The monoisotopic (exact) mass is 404 g/mol. The number of rotatable bonds is 7. The first-order chi connectivity index (χ1) is 13.3. The Labute approximate surface area is 167 Å². The van der Waals surface area contributed by atoms with Crippen molar-refractivity contribution < 1.29 is 9.53 Å². The maximum atomic E-state index is 13.1. The van der Waals surface area contributed by atoms with Crippen molar-refractivity contribution in [2.24, 2.45) is 0 Å². The number of nitrogens with one attached hydrogen (secondary N) is 1. The lowest BCUT2D eigenvalue weighted by Gasteiger charge is -2.22. The van der Waals surface area contributed by atoms with Crippen LogP contribution in [0.4, 0.5) is 5.13 Å². The minimum Gasteiger partial charge on any atom is -0.376 e. The number of ether oxygens (including phenoxy) is 1. The van der Waals surface area contributed by atoms with Gasteiger partial charge < -0.3 is 15.0 Å². The standard InChI is InChI=1S/C19H24N4O2S2/c24-17(23-10-4-5-11-23)16(14-7-2-1-3-8-14)26-19-22-21-18(27-19)20-13-15-9-6-12-25-15/h1-3,7-8,15-16H,4-6,9-13H2,(H,20,21). The minimum absolute atomic E-state index is 0.174. The van der Waals surface area contributed by atoms with Crippen molar-refractivity contribution in [1.82, 2.24) is 15.1 Å². The molecule has 144 valence electrons. The van der Waals surface area contributed by atoms with Gasteiger partial charge in [0, 0.05) is 26.2 Å². The van der Waals surface area contributed by atoms with Crippen molar-refractivity contribution >= 4 is 34.1 Å². The summed E-state index contributed by atoms with van der Waals surface area (Å²) in [5.41, 5.74) is 1.02. The first-order valence-electron chi connectivity index (χ1n) is 9.49. The third-order valence-corrected chi connectivity index (χ3v) is 7.08. The zero-order valence-electron chi connectivity index (χ0n) is 15.2. The topological polar surface area (TPSA) is 67.3 Å². The lowest BCUT2D eigenvalue weighted by atomic mass is 10.1. The van der Waals surface area contributed by atoms with Crippen LogP contribution in [0.2, 0.25) is 0 Å². The zero-order chi connectivity index (χ0) is 18.5. The van der Waals surface area contributed by atoms with Gasteiger partial charge in [0.2, 0.25) is 11.0 Å². The summed E-state index contributed by atoms with van der Waals surface area (Å²) in [5, 5.41) is 12.4. The number of aromatic nitrogens is 2. The van der Waals surface area contributed by atoms with Crippen LogP contribution >= 0.6 is 23.1 Å². The first-order valence-corrected chi connectivity index (χ1v) is 11.2. The van der Waals surface area contributed by atoms with Gasteiger partial charge in [-0.25, -0.2) is 0 Å². The number of hydrogen-bond acceptors (Lipinski definition) is 7. The van der Waals surface area contributed by atoms with E-state index in [1.165, 1.54) is 23.1 Å². The minimum atomic E-state index is -0.275. The Balaban J connectivity index is 1.44. The molecular weight excluding hydrogens is 380 g/mol. The molecule has 2 atom stereocenters. The summed E-state index contributed by atoms with van der Waals surface area (Å²) in [6.07, 6.45) is 4.66. The molecule has 2 aliphatic rings. The van der Waals surface area contributed by atoms with Crippen LogP contribution in [0.15, 0.2) is 34.7 Å². The fourth-order valence-corrected chi connectivity index (χ4v) is 5.46. The van der Waals surface area contributed by atoms with E-state index >= 15 is 0 Å². The molecule has 8 heteroatoms. The average molecular weight is 405 g/mol. The fourth-order valence-electron chi connectivity index (χ4n) is 3.43. The van der Waals surface area contributed by atoms with E-state index in [0.29, 0.717) is 0 Å². The molecule has 0 saturated carbocycles. The van der Waals surface area contributed by atoms with E-state index in [1.807, 2.05) is 35.2 Å². The second-order valence-electron chi connectivity index (χ2n) is 6.83. The molecule has 1 N–H and O–H groups in total. The maximum absolute atomic E-state index is 13.1. The normalized spacial score (nSPS) is 20.7. The number of benzene rings is 1. The van der Waals surface area contributed by atoms with Gasteiger partial charge in [0.15, 0.2) is 4.34 Å². The molecule has 6 nitrogen and oxygen atoms in total. The number of carbonyl (C=O) groups excluding carboxylic acids is 1. The highest BCUT2D eigenvalue weighted by Gasteiger charge is 2.29. The number of anilines is 1. The largest absolute Gasteiger partial charge is 0.376 e. The predicted octanol–water partition coefficient (Wildman–Crippen LogP) is 3.58. The summed E-state index contributed by atoms with van der Waals surface area (Å²) in [4.78, 5) is 15.1. The quantitative estimate of drug-likeness (QED) is 0.712. The van der Waals surface area contributed by atoms with Crippen LogP contribution in [0.1, 0.15) is 36.5 Å². The Morgan fingerprint density at radius 1 is 1.26 bits per heavy atom. The van der Waals surface area contributed by atoms with Crippen LogP contribution in [0.5, 0.6) is 0 Å². The van der Waals surface area contributed by atoms with Crippen molar-refractivity contribution in [3.63, 3.8) is 0 Å². The molecule has 2 saturated heterocycles. The summed E-state index contributed by atoms with van der Waals surface area (Å²) in [5.74, 6) is 0.174. The molecule has 1 amide bonds. The second kappa shape index (κ2) is 9.03. The summed E-state index contributed by atoms with van der Waals surface area (Å²) in [6.45, 7) is 3.31. The van der Waals surface area contributed by atoms with Crippen molar-refractivity contribution in [3.8, 4) is 0 Å². The molecule has 0 bridgehead atoms. The molecule has 4 rings (SSSR count). The fraction of sp³-hybridized carbons (Fsp3) is 0.526. The number of hydrogen-bond donors (Lipinski definition) is 1. The summed E-state index contributed by atoms with van der Waals surface area (Å²) < 4.78 is 6.44. The van der Waals surface area contributed by atoms with Crippen LogP contribution in [0.3, 0.4) is 0 Å². The van der Waals surface area contributed by atoms with Gasteiger partial charge in [0.25, 0.3) is 0 Å². The molecule has 0 spiro atoms. The molecule has 2 aromatic rings. The molecule has 2 fully saturated rings. The first kappa shape index (κ1) is 18.7. The molecule has 2 aliphatic heterocycles. The number of carbonyl (C=O) groups is 1. The molecule has 0 radical (unpaired) electrons. The molecule has 27 heavy (non-hydrogen) atoms. The van der Waals surface area contributed by atoms with Crippen molar-refractivity contribution in [3.05, 3.63) is 35.9 Å². The van der Waals surface area contributed by atoms with Gasteiger partial charge in [-0.2, -0.15) is 0 Å². The lowest BCUT2D eigenvalue weighted by Crippen LogP contribution is -2.31. The number of thioether (sulfide) groups is 1. The van der Waals surface area contributed by atoms with Crippen LogP contribution in [0, 0.1) is 0 Å². The Hall–Kier alpha value is -1.64. The van der Waals surface area contributed by atoms with Gasteiger partial charge in [0.1, 0.15) is 5.25 Å². The Morgan fingerprint density at radius 2 is 2.07 bits per heavy atom. The van der Waals surface area contributed by atoms with Gasteiger partial charge in [0.05, 0.1) is 6.10 Å². The summed E-state index contributed by atoms with van der Waals surface area (Å²) >= 11 is 3.00. The summed E-state index contributed by atoms with van der Waals surface area (Å²) in [6, 6.07) is 9.97. The molecule has 0 aliphatic carbocycles. The van der Waals surface area contributed by atoms with E-state index in [-0.39, 0.29) is 17.3 Å². The van der Waals surface area contributed by atoms with E-state index in [1.54, 1.807) is 0 Å². The predicted molar refractivity (Wildman–Crippen MR) is 108 cm³/mol. The number of likely N-dealkylation sites (tertiary alicyclic amines) is 1. The number of amides is 1. The van der Waals surface area contributed by atoms with Crippen molar-refractivity contribution in [2.45, 2.75) is 41.4 Å². The van der Waals surface area contributed by atoms with Gasteiger partial charge in [-0.1, -0.05) is 53.4 Å². The van der Waals surface area contributed by atoms with E-state index in [9.17, 15) is 4.79 Å². The smallest absolute Gasteiger partial charge is 0.240 e. The number of nitrogens with zero attached hydrogens (tertiary/aromatic N) is 3. The van der Waals surface area contributed by atoms with E-state index in [2.05, 4.69) is 15.5 Å².